The smallest absolute Gasteiger partial charge is 0.331 e. The Labute approximate surface area is 170 Å². The van der Waals surface area contributed by atoms with Gasteiger partial charge in [0, 0.05) is 30.4 Å². The fraction of sp³-hybridized carbons (Fsp3) is 0.409. The minimum atomic E-state index is -0.568. The van der Waals surface area contributed by atoms with Gasteiger partial charge in [0.05, 0.1) is 11.4 Å². The number of benzene rings is 1. The van der Waals surface area contributed by atoms with Gasteiger partial charge in [-0.2, -0.15) is 5.10 Å². The average molecular weight is 399 g/mol. The van der Waals surface area contributed by atoms with E-state index in [4.69, 9.17) is 4.74 Å². The number of aromatic nitrogens is 2. The first-order valence-corrected chi connectivity index (χ1v) is 9.90. The molecule has 0 saturated carbocycles. The number of aryl methyl sites for hydroxylation is 1. The van der Waals surface area contributed by atoms with Crippen LogP contribution < -0.4 is 0 Å². The Morgan fingerprint density at radius 1 is 1.10 bits per heavy atom. The highest BCUT2D eigenvalue weighted by Gasteiger charge is 2.17. The number of hydrogen-bond donors (Lipinski definition) is 0. The van der Waals surface area contributed by atoms with E-state index in [9.17, 15) is 14.0 Å². The molecule has 0 N–H and O–H groups in total. The Bertz CT molecular complexity index is 895. The minimum Gasteiger partial charge on any atom is -0.452 e. The van der Waals surface area contributed by atoms with Crippen LogP contribution in [0.5, 0.6) is 0 Å². The molecule has 1 aromatic carbocycles. The maximum atomic E-state index is 13.1. The van der Waals surface area contributed by atoms with Crippen LogP contribution in [-0.2, 0) is 14.3 Å². The lowest BCUT2D eigenvalue weighted by atomic mass is 10.2. The molecular weight excluding hydrogens is 373 g/mol. The van der Waals surface area contributed by atoms with Gasteiger partial charge in [0.15, 0.2) is 6.61 Å². The molecule has 0 bridgehead atoms. The number of amides is 1. The van der Waals surface area contributed by atoms with E-state index in [-0.39, 0.29) is 18.3 Å². The van der Waals surface area contributed by atoms with Crippen LogP contribution in [0.15, 0.2) is 30.3 Å². The molecule has 0 atom stereocenters. The van der Waals surface area contributed by atoms with Crippen LogP contribution in [0, 0.1) is 19.7 Å². The first kappa shape index (κ1) is 20.8. The molecule has 1 amide bonds. The third kappa shape index (κ3) is 5.31. The predicted molar refractivity (Wildman–Crippen MR) is 108 cm³/mol. The quantitative estimate of drug-likeness (QED) is 0.569. The van der Waals surface area contributed by atoms with Crippen LogP contribution in [0.3, 0.4) is 0 Å². The molecule has 1 aliphatic rings. The van der Waals surface area contributed by atoms with Crippen molar-refractivity contribution in [2.45, 2.75) is 39.5 Å². The minimum absolute atomic E-state index is 0.148. The summed E-state index contributed by atoms with van der Waals surface area (Å²) < 4.78 is 20.0. The van der Waals surface area contributed by atoms with Crippen molar-refractivity contribution < 1.29 is 18.7 Å². The normalized spacial score (nSPS) is 14.8. The molecule has 0 radical (unpaired) electrons. The summed E-state index contributed by atoms with van der Waals surface area (Å²) in [6, 6.07) is 6.04. The van der Waals surface area contributed by atoms with Crippen LogP contribution in [0.4, 0.5) is 4.39 Å². The fourth-order valence-electron chi connectivity index (χ4n) is 3.47. The Morgan fingerprint density at radius 3 is 2.41 bits per heavy atom. The van der Waals surface area contributed by atoms with E-state index >= 15 is 0 Å². The third-order valence-corrected chi connectivity index (χ3v) is 5.10. The lowest BCUT2D eigenvalue weighted by Gasteiger charge is -2.19. The Kier molecular flexibility index (Phi) is 6.80. The second-order valence-electron chi connectivity index (χ2n) is 7.21. The summed E-state index contributed by atoms with van der Waals surface area (Å²) in [4.78, 5) is 26.0. The van der Waals surface area contributed by atoms with Crippen LogP contribution in [-0.4, -0.2) is 46.3 Å². The largest absolute Gasteiger partial charge is 0.452 e. The van der Waals surface area contributed by atoms with E-state index in [0.29, 0.717) is 0 Å². The van der Waals surface area contributed by atoms with Gasteiger partial charge in [0.1, 0.15) is 5.82 Å². The van der Waals surface area contributed by atoms with Gasteiger partial charge >= 0.3 is 5.97 Å². The molecule has 0 spiro atoms. The van der Waals surface area contributed by atoms with Gasteiger partial charge in [0.2, 0.25) is 0 Å². The molecule has 1 saturated heterocycles. The molecule has 1 fully saturated rings. The first-order chi connectivity index (χ1) is 14.0. The molecular formula is C22H26FN3O3. The van der Waals surface area contributed by atoms with Gasteiger partial charge in [-0.05, 0) is 57.0 Å². The van der Waals surface area contributed by atoms with Gasteiger partial charge in [0.25, 0.3) is 5.91 Å². The number of esters is 1. The Balaban J connectivity index is 1.61. The van der Waals surface area contributed by atoms with E-state index in [2.05, 4.69) is 5.10 Å². The van der Waals surface area contributed by atoms with Crippen molar-refractivity contribution in [1.82, 2.24) is 14.7 Å². The second kappa shape index (κ2) is 9.49. The van der Waals surface area contributed by atoms with Gasteiger partial charge in [-0.25, -0.2) is 13.9 Å². The summed E-state index contributed by atoms with van der Waals surface area (Å²) in [6.07, 6.45) is 7.21. The number of ether oxygens (including phenoxy) is 1. The van der Waals surface area contributed by atoms with E-state index < -0.39 is 5.97 Å². The molecule has 1 aliphatic heterocycles. The van der Waals surface area contributed by atoms with Crippen molar-refractivity contribution in [1.29, 1.82) is 0 Å². The fourth-order valence-corrected chi connectivity index (χ4v) is 3.47. The van der Waals surface area contributed by atoms with Crippen molar-refractivity contribution in [2.24, 2.45) is 0 Å². The Morgan fingerprint density at radius 2 is 1.76 bits per heavy atom. The SMILES string of the molecule is Cc1nn(-c2ccc(F)cc2)c(C)c1/C=C/C(=O)OCC(=O)N1CCCCCC1. The van der Waals surface area contributed by atoms with Gasteiger partial charge in [-0.3, -0.25) is 4.79 Å². The molecule has 1 aromatic heterocycles. The zero-order valence-corrected chi connectivity index (χ0v) is 16.9. The van der Waals surface area contributed by atoms with Crippen molar-refractivity contribution >= 4 is 18.0 Å². The summed E-state index contributed by atoms with van der Waals surface area (Å²) in [5.74, 6) is -1.03. The lowest BCUT2D eigenvalue weighted by molar-refractivity contribution is -0.148. The van der Waals surface area contributed by atoms with E-state index in [1.165, 1.54) is 18.2 Å². The number of hydrogen-bond acceptors (Lipinski definition) is 4. The van der Waals surface area contributed by atoms with Crippen LogP contribution in [0.1, 0.15) is 42.6 Å². The van der Waals surface area contributed by atoms with Crippen LogP contribution in [0.2, 0.25) is 0 Å². The van der Waals surface area contributed by atoms with E-state index in [1.54, 1.807) is 27.8 Å². The maximum Gasteiger partial charge on any atom is 0.331 e. The number of halogens is 1. The Hall–Kier alpha value is -2.96. The number of rotatable bonds is 5. The standard InChI is InChI=1S/C22H26FN3O3/c1-16-20(17(2)26(24-16)19-9-7-18(23)8-10-19)11-12-22(28)29-15-21(27)25-13-5-3-4-6-14-25/h7-12H,3-6,13-15H2,1-2H3/b12-11+. The molecule has 0 unspecified atom stereocenters. The molecule has 29 heavy (non-hydrogen) atoms. The zero-order chi connectivity index (χ0) is 20.8. The lowest BCUT2D eigenvalue weighted by Crippen LogP contribution is -2.35. The van der Waals surface area contributed by atoms with E-state index in [0.717, 1.165) is 61.4 Å². The van der Waals surface area contributed by atoms with Crippen molar-refractivity contribution in [2.75, 3.05) is 19.7 Å². The highest BCUT2D eigenvalue weighted by atomic mass is 19.1. The molecule has 154 valence electrons. The van der Waals surface area contributed by atoms with Crippen LogP contribution >= 0.6 is 0 Å². The van der Waals surface area contributed by atoms with Gasteiger partial charge < -0.3 is 9.64 Å². The van der Waals surface area contributed by atoms with Crippen molar-refractivity contribution in [3.8, 4) is 5.69 Å². The highest BCUT2D eigenvalue weighted by molar-refractivity contribution is 5.89. The van der Waals surface area contributed by atoms with Gasteiger partial charge in [-0.1, -0.05) is 12.8 Å². The molecule has 2 aromatic rings. The molecule has 3 rings (SSSR count). The number of likely N-dealkylation sites (tertiary alicyclic amines) is 1. The van der Waals surface area contributed by atoms with E-state index in [1.807, 2.05) is 13.8 Å². The summed E-state index contributed by atoms with van der Waals surface area (Å²) >= 11 is 0. The molecule has 7 heteroatoms. The molecule has 0 aliphatic carbocycles. The highest BCUT2D eigenvalue weighted by Crippen LogP contribution is 2.19. The third-order valence-electron chi connectivity index (χ3n) is 5.10. The monoisotopic (exact) mass is 399 g/mol. The molecule has 2 heterocycles. The number of nitrogens with zero attached hydrogens (tertiary/aromatic N) is 3. The second-order valence-corrected chi connectivity index (χ2v) is 7.21. The van der Waals surface area contributed by atoms with Crippen molar-refractivity contribution in [3.05, 3.63) is 53.1 Å². The van der Waals surface area contributed by atoms with Crippen molar-refractivity contribution in [3.63, 3.8) is 0 Å². The zero-order valence-electron chi connectivity index (χ0n) is 16.9. The topological polar surface area (TPSA) is 64.4 Å². The predicted octanol–water partition coefficient (Wildman–Crippen LogP) is 3.59. The molecule has 6 nitrogen and oxygen atoms in total. The maximum absolute atomic E-state index is 13.1. The number of carbonyl (C=O) groups is 2. The summed E-state index contributed by atoms with van der Waals surface area (Å²) in [7, 11) is 0. The summed E-state index contributed by atoms with van der Waals surface area (Å²) in [6.45, 7) is 4.93. The number of carbonyl (C=O) groups excluding carboxylic acids is 2. The summed E-state index contributed by atoms with van der Waals surface area (Å²) in [5, 5.41) is 4.46. The van der Waals surface area contributed by atoms with Gasteiger partial charge in [-0.15, -0.1) is 0 Å². The van der Waals surface area contributed by atoms with Crippen LogP contribution in [0.25, 0.3) is 11.8 Å². The first-order valence-electron chi connectivity index (χ1n) is 9.90. The average Bonchev–Trinajstić information content (AvgIpc) is 2.89. The summed E-state index contributed by atoms with van der Waals surface area (Å²) in [5.41, 5.74) is 3.07.